The first kappa shape index (κ1) is 21.7. The Labute approximate surface area is 187 Å². The van der Waals surface area contributed by atoms with Gasteiger partial charge in [-0.15, -0.1) is 0 Å². The number of rotatable bonds is 5. The van der Waals surface area contributed by atoms with Gasteiger partial charge in [-0.3, -0.25) is 0 Å². The van der Waals surface area contributed by atoms with E-state index in [1.54, 1.807) is 36.4 Å². The quantitative estimate of drug-likeness (QED) is 0.322. The zero-order valence-electron chi connectivity index (χ0n) is 16.1. The predicted molar refractivity (Wildman–Crippen MR) is 118 cm³/mol. The summed E-state index contributed by atoms with van der Waals surface area (Å²) in [4.78, 5) is 12.9. The number of hydrogen-bond donors (Lipinski definition) is 4. The van der Waals surface area contributed by atoms with Crippen molar-refractivity contribution in [3.05, 3.63) is 66.7 Å². The first-order chi connectivity index (χ1) is 15.3. The van der Waals surface area contributed by atoms with Crippen molar-refractivity contribution in [2.75, 3.05) is 0 Å². The molecule has 0 fully saturated rings. The highest BCUT2D eigenvalue weighted by atomic mass is 32.2. The van der Waals surface area contributed by atoms with Gasteiger partial charge in [0, 0.05) is 5.56 Å². The number of benzene rings is 3. The molecule has 9 nitrogen and oxygen atoms in total. The molecule has 11 heteroatoms. The largest absolute Gasteiger partial charge is 0.507 e. The molecule has 2 unspecified atom stereocenters. The van der Waals surface area contributed by atoms with Gasteiger partial charge in [0.1, 0.15) is 11.5 Å². The van der Waals surface area contributed by atoms with Crippen molar-refractivity contribution in [1.29, 1.82) is 0 Å². The molecule has 3 aromatic carbocycles. The Bertz CT molecular complexity index is 1280. The monoisotopic (exact) mass is 469 g/mol. The van der Waals surface area contributed by atoms with E-state index in [0.29, 0.717) is 11.1 Å². The number of nitrogens with zero attached hydrogens (tertiary/aromatic N) is 3. The summed E-state index contributed by atoms with van der Waals surface area (Å²) in [7, 11) is 0. The smallest absolute Gasteiger partial charge is 0.186 e. The molecule has 4 N–H and O–H groups in total. The van der Waals surface area contributed by atoms with Crippen molar-refractivity contribution in [3.8, 4) is 45.7 Å². The maximum absolute atomic E-state index is 11.6. The van der Waals surface area contributed by atoms with Crippen molar-refractivity contribution in [3.63, 3.8) is 0 Å². The van der Waals surface area contributed by atoms with E-state index in [1.165, 1.54) is 24.3 Å². The third-order valence-corrected chi connectivity index (χ3v) is 5.74. The standard InChI is InChI=1S/C21H15N3O6S2/c25-17-7-3-1-5-15(17)20-22-19(23-21(24-20)16-6-2-4-8-18(16)26)12-9-13(31(27)28)11-14(10-12)32(29)30/h1-11,25-26H,(H,27,28)(H,29,30). The van der Waals surface area contributed by atoms with E-state index in [4.69, 9.17) is 0 Å². The van der Waals surface area contributed by atoms with Crippen LogP contribution in [0.25, 0.3) is 34.2 Å². The summed E-state index contributed by atoms with van der Waals surface area (Å²) in [5.74, 6) is -0.0110. The molecule has 1 heterocycles. The first-order valence-corrected chi connectivity index (χ1v) is 11.2. The van der Waals surface area contributed by atoms with Crippen LogP contribution in [0.2, 0.25) is 0 Å². The predicted octanol–water partition coefficient (Wildman–Crippen LogP) is 3.45. The second kappa shape index (κ2) is 8.93. The zero-order valence-corrected chi connectivity index (χ0v) is 17.7. The van der Waals surface area contributed by atoms with Crippen LogP contribution in [0, 0.1) is 0 Å². The number of para-hydroxylation sites is 2. The van der Waals surface area contributed by atoms with Crippen LogP contribution in [-0.4, -0.2) is 42.7 Å². The molecule has 1 aromatic heterocycles. The molecule has 0 aliphatic heterocycles. The van der Waals surface area contributed by atoms with Gasteiger partial charge in [-0.1, -0.05) is 24.3 Å². The molecule has 0 radical (unpaired) electrons. The molecule has 0 amide bonds. The highest BCUT2D eigenvalue weighted by Gasteiger charge is 2.18. The molecule has 2 atom stereocenters. The Balaban J connectivity index is 2.01. The summed E-state index contributed by atoms with van der Waals surface area (Å²) in [5, 5.41) is 20.6. The van der Waals surface area contributed by atoms with Gasteiger partial charge in [0.25, 0.3) is 0 Å². The minimum Gasteiger partial charge on any atom is -0.507 e. The van der Waals surface area contributed by atoms with E-state index < -0.39 is 22.2 Å². The molecule has 0 saturated carbocycles. The molecule has 0 aliphatic carbocycles. The van der Waals surface area contributed by atoms with Crippen LogP contribution in [0.3, 0.4) is 0 Å². The summed E-state index contributed by atoms with van der Waals surface area (Å²) < 4.78 is 42.3. The Morgan fingerprint density at radius 1 is 0.594 bits per heavy atom. The SMILES string of the molecule is O=S(O)c1cc(-c2nc(-c3ccccc3O)nc(-c3ccccc3O)n2)cc(S(=O)O)c1. The summed E-state index contributed by atoms with van der Waals surface area (Å²) >= 11 is -4.85. The third-order valence-electron chi connectivity index (χ3n) is 4.47. The van der Waals surface area contributed by atoms with Crippen LogP contribution in [0.1, 0.15) is 0 Å². The lowest BCUT2D eigenvalue weighted by atomic mass is 10.1. The van der Waals surface area contributed by atoms with Gasteiger partial charge in [0.05, 0.1) is 20.9 Å². The van der Waals surface area contributed by atoms with Gasteiger partial charge in [0.2, 0.25) is 0 Å². The number of hydrogen-bond acceptors (Lipinski definition) is 7. The lowest BCUT2D eigenvalue weighted by Gasteiger charge is -2.11. The molecule has 0 aliphatic rings. The average Bonchev–Trinajstić information content (AvgIpc) is 2.79. The van der Waals surface area contributed by atoms with Crippen molar-refractivity contribution >= 4 is 22.2 Å². The minimum absolute atomic E-state index is 0.00973. The van der Waals surface area contributed by atoms with Gasteiger partial charge in [0.15, 0.2) is 39.6 Å². The van der Waals surface area contributed by atoms with Crippen LogP contribution in [-0.2, 0) is 22.2 Å². The fourth-order valence-corrected chi connectivity index (χ4v) is 3.96. The molecule has 32 heavy (non-hydrogen) atoms. The summed E-state index contributed by atoms with van der Waals surface area (Å²) in [5.41, 5.74) is 0.763. The van der Waals surface area contributed by atoms with Crippen molar-refractivity contribution in [1.82, 2.24) is 15.0 Å². The Hall–Kier alpha value is -3.51. The lowest BCUT2D eigenvalue weighted by molar-refractivity contribution is 0.477. The lowest BCUT2D eigenvalue weighted by Crippen LogP contribution is -2.02. The zero-order chi connectivity index (χ0) is 22.8. The van der Waals surface area contributed by atoms with Gasteiger partial charge in [-0.25, -0.2) is 23.4 Å². The normalized spacial score (nSPS) is 12.9. The summed E-state index contributed by atoms with van der Waals surface area (Å²) in [6.07, 6.45) is 0. The van der Waals surface area contributed by atoms with Gasteiger partial charge < -0.3 is 19.3 Å². The summed E-state index contributed by atoms with van der Waals surface area (Å²) in [6.45, 7) is 0. The van der Waals surface area contributed by atoms with Crippen molar-refractivity contribution < 1.29 is 27.7 Å². The Morgan fingerprint density at radius 2 is 1.00 bits per heavy atom. The van der Waals surface area contributed by atoms with Gasteiger partial charge in [-0.2, -0.15) is 0 Å². The van der Waals surface area contributed by atoms with Crippen molar-refractivity contribution in [2.24, 2.45) is 0 Å². The fourth-order valence-electron chi connectivity index (χ4n) is 2.97. The number of phenols is 2. The van der Waals surface area contributed by atoms with E-state index >= 15 is 0 Å². The van der Waals surface area contributed by atoms with Gasteiger partial charge in [-0.05, 0) is 42.5 Å². The van der Waals surface area contributed by atoms with Crippen LogP contribution < -0.4 is 0 Å². The average molecular weight is 470 g/mol. The molecule has 0 spiro atoms. The van der Waals surface area contributed by atoms with Crippen LogP contribution in [0.4, 0.5) is 0 Å². The summed E-state index contributed by atoms with van der Waals surface area (Å²) in [6, 6.07) is 16.5. The molecule has 4 rings (SSSR count). The molecule has 0 saturated heterocycles. The van der Waals surface area contributed by atoms with Crippen LogP contribution in [0.5, 0.6) is 11.5 Å². The minimum atomic E-state index is -2.43. The van der Waals surface area contributed by atoms with E-state index in [2.05, 4.69) is 15.0 Å². The number of aromatic nitrogens is 3. The Kier molecular flexibility index (Phi) is 6.06. The highest BCUT2D eigenvalue weighted by Crippen LogP contribution is 2.33. The van der Waals surface area contributed by atoms with Gasteiger partial charge >= 0.3 is 0 Å². The second-order valence-corrected chi connectivity index (χ2v) is 8.47. The Morgan fingerprint density at radius 3 is 1.41 bits per heavy atom. The maximum atomic E-state index is 11.6. The maximum Gasteiger partial charge on any atom is 0.186 e. The first-order valence-electron chi connectivity index (χ1n) is 9.03. The molecular formula is C21H15N3O6S2. The fraction of sp³-hybridized carbons (Fsp3) is 0. The van der Waals surface area contributed by atoms with Crippen molar-refractivity contribution in [2.45, 2.75) is 9.79 Å². The van der Waals surface area contributed by atoms with E-state index in [-0.39, 0.29) is 44.3 Å². The molecular weight excluding hydrogens is 454 g/mol. The second-order valence-electron chi connectivity index (χ2n) is 6.53. The molecule has 0 bridgehead atoms. The van der Waals surface area contributed by atoms with E-state index in [1.807, 2.05) is 0 Å². The molecule has 4 aromatic rings. The van der Waals surface area contributed by atoms with E-state index in [0.717, 1.165) is 6.07 Å². The number of aromatic hydroxyl groups is 2. The highest BCUT2D eigenvalue weighted by molar-refractivity contribution is 7.80. The molecule has 162 valence electrons. The topological polar surface area (TPSA) is 154 Å². The van der Waals surface area contributed by atoms with Crippen LogP contribution in [0.15, 0.2) is 76.5 Å². The van der Waals surface area contributed by atoms with E-state index in [9.17, 15) is 27.7 Å². The van der Waals surface area contributed by atoms with Crippen LogP contribution >= 0.6 is 0 Å². The number of phenolic OH excluding ortho intramolecular Hbond substituents is 2. The third kappa shape index (κ3) is 4.41.